The SMILES string of the molecule is C[C@H](O)c1nccn1C(/C=C/c1ccc(-c2ccc(C3CC(C(=O)NCc4c[nH]cn4)C3)cc2)cc1)CO. The van der Waals surface area contributed by atoms with Crippen molar-refractivity contribution in [3.63, 3.8) is 0 Å². The minimum atomic E-state index is -0.707. The number of hydrogen-bond donors (Lipinski definition) is 4. The van der Waals surface area contributed by atoms with E-state index in [9.17, 15) is 15.0 Å². The summed E-state index contributed by atoms with van der Waals surface area (Å²) >= 11 is 0. The second-order valence-corrected chi connectivity index (χ2v) is 9.87. The van der Waals surface area contributed by atoms with Crippen LogP contribution >= 0.6 is 0 Å². The predicted octanol–water partition coefficient (Wildman–Crippen LogP) is 4.38. The highest BCUT2D eigenvalue weighted by Crippen LogP contribution is 2.42. The topological polar surface area (TPSA) is 116 Å². The van der Waals surface area contributed by atoms with Crippen molar-refractivity contribution in [2.75, 3.05) is 6.61 Å². The summed E-state index contributed by atoms with van der Waals surface area (Å²) in [6, 6.07) is 16.6. The molecule has 0 spiro atoms. The first-order valence-corrected chi connectivity index (χ1v) is 13.0. The number of nitrogens with one attached hydrogen (secondary N) is 2. The molecule has 0 bridgehead atoms. The van der Waals surface area contributed by atoms with Gasteiger partial charge in [-0.3, -0.25) is 4.79 Å². The van der Waals surface area contributed by atoms with E-state index in [4.69, 9.17) is 0 Å². The van der Waals surface area contributed by atoms with Crippen LogP contribution < -0.4 is 5.32 Å². The van der Waals surface area contributed by atoms with E-state index in [1.165, 1.54) is 5.56 Å². The number of nitrogens with zero attached hydrogens (tertiary/aromatic N) is 3. The van der Waals surface area contributed by atoms with Gasteiger partial charge in [0.25, 0.3) is 0 Å². The molecule has 2 atom stereocenters. The lowest BCUT2D eigenvalue weighted by atomic mass is 9.71. The number of carbonyl (C=O) groups is 1. The molecule has 1 aliphatic rings. The maximum Gasteiger partial charge on any atom is 0.223 e. The molecule has 196 valence electrons. The average Bonchev–Trinajstić information content (AvgIpc) is 3.61. The molecule has 1 saturated carbocycles. The largest absolute Gasteiger partial charge is 0.394 e. The Hall–Kier alpha value is -4.01. The van der Waals surface area contributed by atoms with Gasteiger partial charge in [0.05, 0.1) is 31.2 Å². The first kappa shape index (κ1) is 25.6. The summed E-state index contributed by atoms with van der Waals surface area (Å²) in [5, 5.41) is 22.7. The quantitative estimate of drug-likeness (QED) is 0.252. The van der Waals surface area contributed by atoms with Crippen molar-refractivity contribution >= 4 is 12.0 Å². The summed E-state index contributed by atoms with van der Waals surface area (Å²) in [6.45, 7) is 2.03. The van der Waals surface area contributed by atoms with Crippen molar-refractivity contribution in [3.05, 3.63) is 102 Å². The standard InChI is InChI=1S/C30H33N5O3/c1-20(37)29-32-12-13-35(29)28(18-36)11-4-21-2-5-22(6-3-21)23-7-9-24(10-8-23)25-14-26(15-25)30(38)33-17-27-16-31-19-34-27/h2-13,16,19-20,25-26,28,36-37H,14-15,17-18H2,1H3,(H,31,34)(H,33,38)/b11-4+/t20-,25?,26?,28?/m0/s1. The molecule has 0 radical (unpaired) electrons. The molecule has 4 aromatic rings. The number of benzene rings is 2. The Morgan fingerprint density at radius 1 is 1.13 bits per heavy atom. The van der Waals surface area contributed by atoms with Crippen LogP contribution in [0.4, 0.5) is 0 Å². The summed E-state index contributed by atoms with van der Waals surface area (Å²) in [7, 11) is 0. The third-order valence-electron chi connectivity index (χ3n) is 7.26. The highest BCUT2D eigenvalue weighted by atomic mass is 16.3. The van der Waals surface area contributed by atoms with Crippen LogP contribution in [0.25, 0.3) is 17.2 Å². The Labute approximate surface area is 222 Å². The van der Waals surface area contributed by atoms with Crippen LogP contribution in [0.2, 0.25) is 0 Å². The summed E-state index contributed by atoms with van der Waals surface area (Å²) in [6.07, 6.45) is 11.7. The van der Waals surface area contributed by atoms with Crippen LogP contribution in [0.5, 0.6) is 0 Å². The van der Waals surface area contributed by atoms with E-state index < -0.39 is 6.10 Å². The average molecular weight is 512 g/mol. The number of aliphatic hydroxyl groups is 2. The fourth-order valence-corrected chi connectivity index (χ4v) is 4.94. The van der Waals surface area contributed by atoms with E-state index in [0.29, 0.717) is 18.3 Å². The van der Waals surface area contributed by atoms with Gasteiger partial charge < -0.3 is 25.1 Å². The number of H-pyrrole nitrogens is 1. The van der Waals surface area contributed by atoms with E-state index in [1.807, 2.05) is 12.2 Å². The summed E-state index contributed by atoms with van der Waals surface area (Å²) < 4.78 is 1.79. The Morgan fingerprint density at radius 3 is 2.47 bits per heavy atom. The van der Waals surface area contributed by atoms with E-state index in [0.717, 1.165) is 35.2 Å². The van der Waals surface area contributed by atoms with E-state index in [1.54, 1.807) is 36.4 Å². The van der Waals surface area contributed by atoms with Crippen LogP contribution in [0, 0.1) is 5.92 Å². The molecule has 8 nitrogen and oxygen atoms in total. The number of amides is 1. The molecular formula is C30H33N5O3. The van der Waals surface area contributed by atoms with Crippen LogP contribution in [-0.2, 0) is 11.3 Å². The van der Waals surface area contributed by atoms with Crippen molar-refractivity contribution in [2.24, 2.45) is 5.92 Å². The van der Waals surface area contributed by atoms with Crippen molar-refractivity contribution in [1.29, 1.82) is 0 Å². The number of imidazole rings is 2. The highest BCUT2D eigenvalue weighted by Gasteiger charge is 2.35. The molecule has 2 aromatic carbocycles. The maximum atomic E-state index is 12.4. The Bertz CT molecular complexity index is 1350. The van der Waals surface area contributed by atoms with Gasteiger partial charge in [0.2, 0.25) is 5.91 Å². The monoisotopic (exact) mass is 511 g/mol. The van der Waals surface area contributed by atoms with E-state index in [2.05, 4.69) is 68.8 Å². The molecule has 0 aliphatic heterocycles. The maximum absolute atomic E-state index is 12.4. The normalized spacial score (nSPS) is 18.7. The third kappa shape index (κ3) is 5.77. The number of carbonyl (C=O) groups excluding carboxylic acids is 1. The zero-order valence-corrected chi connectivity index (χ0v) is 21.4. The molecule has 1 amide bonds. The number of aliphatic hydroxyl groups excluding tert-OH is 2. The van der Waals surface area contributed by atoms with Crippen molar-refractivity contribution in [2.45, 2.75) is 44.4 Å². The van der Waals surface area contributed by atoms with Crippen molar-refractivity contribution in [1.82, 2.24) is 24.8 Å². The number of hydrogen-bond acceptors (Lipinski definition) is 5. The lowest BCUT2D eigenvalue weighted by Gasteiger charge is -2.34. The fourth-order valence-electron chi connectivity index (χ4n) is 4.94. The molecule has 2 aromatic heterocycles. The first-order chi connectivity index (χ1) is 18.5. The molecule has 8 heteroatoms. The van der Waals surface area contributed by atoms with E-state index >= 15 is 0 Å². The van der Waals surface area contributed by atoms with E-state index in [-0.39, 0.29) is 24.5 Å². The summed E-state index contributed by atoms with van der Waals surface area (Å²) in [4.78, 5) is 23.6. The Balaban J connectivity index is 1.15. The minimum absolute atomic E-state index is 0.0667. The number of aromatic amines is 1. The van der Waals surface area contributed by atoms with Gasteiger partial charge in [-0.25, -0.2) is 9.97 Å². The van der Waals surface area contributed by atoms with Crippen molar-refractivity contribution in [3.8, 4) is 11.1 Å². The molecule has 1 aliphatic carbocycles. The Kier molecular flexibility index (Phi) is 7.81. The molecule has 0 saturated heterocycles. The predicted molar refractivity (Wildman–Crippen MR) is 146 cm³/mol. The molecule has 2 heterocycles. The smallest absolute Gasteiger partial charge is 0.223 e. The second kappa shape index (κ2) is 11.6. The van der Waals surface area contributed by atoms with Crippen LogP contribution in [-0.4, -0.2) is 42.2 Å². The third-order valence-corrected chi connectivity index (χ3v) is 7.26. The first-order valence-electron chi connectivity index (χ1n) is 13.0. The fraction of sp³-hybridized carbons (Fsp3) is 0.300. The van der Waals surface area contributed by atoms with Gasteiger partial charge in [-0.15, -0.1) is 0 Å². The van der Waals surface area contributed by atoms with Gasteiger partial charge in [-0.1, -0.05) is 60.7 Å². The van der Waals surface area contributed by atoms with Crippen LogP contribution in [0.1, 0.15) is 60.5 Å². The van der Waals surface area contributed by atoms with Gasteiger partial charge in [-0.05, 0) is 47.9 Å². The lowest BCUT2D eigenvalue weighted by molar-refractivity contribution is -0.128. The molecular weight excluding hydrogens is 478 g/mol. The number of aromatic nitrogens is 4. The molecule has 4 N–H and O–H groups in total. The van der Waals surface area contributed by atoms with Gasteiger partial charge in [-0.2, -0.15) is 0 Å². The zero-order valence-electron chi connectivity index (χ0n) is 21.4. The van der Waals surface area contributed by atoms with Gasteiger partial charge in [0.1, 0.15) is 11.9 Å². The van der Waals surface area contributed by atoms with Crippen LogP contribution in [0.15, 0.2) is 79.5 Å². The lowest BCUT2D eigenvalue weighted by Crippen LogP contribution is -2.37. The van der Waals surface area contributed by atoms with Gasteiger partial charge >= 0.3 is 0 Å². The second-order valence-electron chi connectivity index (χ2n) is 9.87. The molecule has 1 fully saturated rings. The highest BCUT2D eigenvalue weighted by molar-refractivity contribution is 5.79. The zero-order chi connectivity index (χ0) is 26.5. The van der Waals surface area contributed by atoms with Gasteiger partial charge in [0, 0.05) is 24.5 Å². The Morgan fingerprint density at radius 2 is 1.84 bits per heavy atom. The molecule has 38 heavy (non-hydrogen) atoms. The van der Waals surface area contributed by atoms with Gasteiger partial charge in [0.15, 0.2) is 0 Å². The van der Waals surface area contributed by atoms with Crippen molar-refractivity contribution < 1.29 is 15.0 Å². The molecule has 5 rings (SSSR count). The summed E-state index contributed by atoms with van der Waals surface area (Å²) in [5.41, 5.74) is 5.40. The summed E-state index contributed by atoms with van der Waals surface area (Å²) in [5.74, 6) is 1.12. The molecule has 1 unspecified atom stereocenters. The number of rotatable bonds is 10. The van der Waals surface area contributed by atoms with Crippen LogP contribution in [0.3, 0.4) is 0 Å². The minimum Gasteiger partial charge on any atom is -0.394 e.